The molecule has 0 spiro atoms. The lowest BCUT2D eigenvalue weighted by atomic mass is 9.32. The fourth-order valence-corrected chi connectivity index (χ4v) is 14.6. The van der Waals surface area contributed by atoms with Gasteiger partial charge in [-0.1, -0.05) is 97.4 Å². The van der Waals surface area contributed by atoms with E-state index in [0.717, 1.165) is 108 Å². The average Bonchev–Trinajstić information content (AvgIpc) is 3.56. The van der Waals surface area contributed by atoms with Crippen molar-refractivity contribution in [3.8, 4) is 0 Å². The lowest BCUT2D eigenvalue weighted by Gasteiger charge is -2.72. The van der Waals surface area contributed by atoms with Crippen LogP contribution in [-0.2, 0) is 16.1 Å². The van der Waals surface area contributed by atoms with Crippen LogP contribution in [0.25, 0.3) is 0 Å². The molecule has 1 unspecified atom stereocenters. The average molecular weight is 773 g/mol. The molecule has 0 bridgehead atoms. The van der Waals surface area contributed by atoms with Gasteiger partial charge in [-0.05, 0) is 159 Å². The summed E-state index contributed by atoms with van der Waals surface area (Å²) in [7, 11) is 0. The topological polar surface area (TPSA) is 121 Å². The molecule has 5 fully saturated rings. The number of rotatable bonds is 15. The molecule has 5 aliphatic rings. The normalized spacial score (nSPS) is 37.1. The molecule has 0 aromatic heterocycles. The summed E-state index contributed by atoms with van der Waals surface area (Å²) in [5, 5.41) is 21.0. The van der Waals surface area contributed by atoms with Gasteiger partial charge in [0, 0.05) is 6.42 Å². The molecule has 10 atom stereocenters. The maximum Gasteiger partial charge on any atom is 0.335 e. The minimum absolute atomic E-state index is 0.0232. The van der Waals surface area contributed by atoms with E-state index >= 15 is 4.79 Å². The number of carboxylic acids is 1. The number of hydrogen-bond donors (Lipinski definition) is 3. The molecule has 0 aliphatic heterocycles. The van der Waals surface area contributed by atoms with Crippen LogP contribution in [0, 0.1) is 56.7 Å². The highest BCUT2D eigenvalue weighted by Gasteiger charge is 2.72. The standard InChI is InChI=1S/C49H76N2O5/c1-33(2)36-22-27-49(44(56)51(32-34-17-16-18-35(31-34)43(54)55)41(53)19-14-12-10-8-9-11-13-15-30-50)29-28-47(6)37(42(36)49)20-21-39-46(5)25-24-40(52)45(3,4)38(46)23-26-48(39,47)7/h16-18,31,36-40,42,52H,1,8-15,19-30,32,50H2,2-7H3,(H,54,55)/t36-,37+,38-,39?,40-,42+,46-,47+,48+,49-/m0/s1. The SMILES string of the molecule is C=C(C)[C@@H]1CC[C@]2(C(=O)N(Cc3cccc(C(=O)O)c3)C(=O)CCCCCCCCCCN)CC[C@]3(C)[C@H](CCC4[C@@]5(C)CC[C@H](O)C(C)(C)[C@@H]5CC[C@]43C)[C@@H]12. The van der Waals surface area contributed by atoms with Gasteiger partial charge in [0.05, 0.1) is 23.6 Å². The first kappa shape index (κ1) is 43.1. The Kier molecular flexibility index (Phi) is 12.8. The van der Waals surface area contributed by atoms with Gasteiger partial charge >= 0.3 is 5.97 Å². The summed E-state index contributed by atoms with van der Waals surface area (Å²) in [6.07, 6.45) is 18.6. The van der Waals surface area contributed by atoms with E-state index in [0.29, 0.717) is 29.7 Å². The molecule has 5 aliphatic carbocycles. The minimum Gasteiger partial charge on any atom is -0.478 e. The van der Waals surface area contributed by atoms with E-state index in [1.807, 2.05) is 6.07 Å². The van der Waals surface area contributed by atoms with Crippen molar-refractivity contribution in [2.45, 2.75) is 176 Å². The molecule has 7 heteroatoms. The van der Waals surface area contributed by atoms with E-state index in [1.54, 1.807) is 23.1 Å². The van der Waals surface area contributed by atoms with Crippen molar-refractivity contribution in [1.29, 1.82) is 0 Å². The van der Waals surface area contributed by atoms with Crippen LogP contribution in [0.5, 0.6) is 0 Å². The summed E-state index contributed by atoms with van der Waals surface area (Å²) in [6.45, 7) is 19.9. The smallest absolute Gasteiger partial charge is 0.335 e. The third-order valence-corrected chi connectivity index (χ3v) is 17.9. The first-order valence-corrected chi connectivity index (χ1v) is 22.7. The zero-order chi connectivity index (χ0) is 40.7. The number of benzene rings is 1. The summed E-state index contributed by atoms with van der Waals surface area (Å²) in [5.41, 5.74) is 7.28. The molecule has 1 aromatic carbocycles. The number of aliphatic hydroxyl groups excluding tert-OH is 1. The predicted octanol–water partition coefficient (Wildman–Crippen LogP) is 10.7. The molecule has 1 aromatic rings. The van der Waals surface area contributed by atoms with Crippen LogP contribution in [0.2, 0.25) is 0 Å². The monoisotopic (exact) mass is 773 g/mol. The van der Waals surface area contributed by atoms with Crippen LogP contribution in [0.1, 0.15) is 179 Å². The Bertz CT molecular complexity index is 1620. The zero-order valence-electron chi connectivity index (χ0n) is 36.0. The van der Waals surface area contributed by atoms with Crippen molar-refractivity contribution in [3.05, 3.63) is 47.5 Å². The maximum atomic E-state index is 15.6. The quantitative estimate of drug-likeness (QED) is 0.121. The fraction of sp³-hybridized carbons (Fsp3) is 0.776. The number of amides is 2. The highest BCUT2D eigenvalue weighted by atomic mass is 16.4. The molecule has 6 rings (SSSR count). The highest BCUT2D eigenvalue weighted by Crippen LogP contribution is 2.77. The van der Waals surface area contributed by atoms with Gasteiger partial charge in [-0.15, -0.1) is 0 Å². The Balaban J connectivity index is 1.29. The van der Waals surface area contributed by atoms with Crippen molar-refractivity contribution in [2.24, 2.45) is 62.4 Å². The van der Waals surface area contributed by atoms with Crippen LogP contribution in [0.4, 0.5) is 0 Å². The van der Waals surface area contributed by atoms with E-state index < -0.39 is 11.4 Å². The van der Waals surface area contributed by atoms with Crippen LogP contribution in [-0.4, -0.2) is 45.5 Å². The lowest BCUT2D eigenvalue weighted by molar-refractivity contribution is -0.247. The van der Waals surface area contributed by atoms with Gasteiger partial charge in [0.15, 0.2) is 0 Å². The van der Waals surface area contributed by atoms with E-state index in [4.69, 9.17) is 5.73 Å². The number of imide groups is 1. The van der Waals surface area contributed by atoms with Crippen molar-refractivity contribution < 1.29 is 24.6 Å². The summed E-state index contributed by atoms with van der Waals surface area (Å²) < 4.78 is 0. The first-order chi connectivity index (χ1) is 26.5. The van der Waals surface area contributed by atoms with E-state index in [1.165, 1.54) is 19.3 Å². The Labute approximate surface area is 339 Å². The van der Waals surface area contributed by atoms with E-state index in [9.17, 15) is 19.8 Å². The molecule has 56 heavy (non-hydrogen) atoms. The number of nitrogens with two attached hydrogens (primary N) is 1. The second-order valence-electron chi connectivity index (χ2n) is 20.9. The molecule has 312 valence electrons. The lowest BCUT2D eigenvalue weighted by Crippen LogP contribution is -2.67. The van der Waals surface area contributed by atoms with Gasteiger partial charge in [0.25, 0.3) is 0 Å². The predicted molar refractivity (Wildman–Crippen MR) is 225 cm³/mol. The number of carbonyl (C=O) groups is 3. The summed E-state index contributed by atoms with van der Waals surface area (Å²) >= 11 is 0. The number of allylic oxidation sites excluding steroid dienone is 1. The van der Waals surface area contributed by atoms with Crippen molar-refractivity contribution in [3.63, 3.8) is 0 Å². The highest BCUT2D eigenvalue weighted by molar-refractivity contribution is 5.98. The van der Waals surface area contributed by atoms with E-state index in [2.05, 4.69) is 48.1 Å². The minimum atomic E-state index is -1.01. The number of fused-ring (bicyclic) bond motifs is 7. The largest absolute Gasteiger partial charge is 0.478 e. The summed E-state index contributed by atoms with van der Waals surface area (Å²) in [5.74, 6) is 0.620. The fourth-order valence-electron chi connectivity index (χ4n) is 14.6. The molecule has 2 amide bonds. The second kappa shape index (κ2) is 16.6. The Morgan fingerprint density at radius 2 is 1.48 bits per heavy atom. The molecule has 0 radical (unpaired) electrons. The summed E-state index contributed by atoms with van der Waals surface area (Å²) in [6, 6.07) is 6.78. The van der Waals surface area contributed by atoms with Gasteiger partial charge < -0.3 is 15.9 Å². The third kappa shape index (κ3) is 7.37. The Morgan fingerprint density at radius 3 is 2.14 bits per heavy atom. The molecule has 0 heterocycles. The molecular formula is C49H76N2O5. The molecular weight excluding hydrogens is 697 g/mol. The van der Waals surface area contributed by atoms with Crippen molar-refractivity contribution in [1.82, 2.24) is 4.90 Å². The number of hydrogen-bond acceptors (Lipinski definition) is 5. The van der Waals surface area contributed by atoms with Gasteiger partial charge in [0.1, 0.15) is 0 Å². The van der Waals surface area contributed by atoms with Gasteiger partial charge in [-0.25, -0.2) is 4.79 Å². The number of unbranched alkanes of at least 4 members (excludes halogenated alkanes) is 7. The van der Waals surface area contributed by atoms with Crippen LogP contribution >= 0.6 is 0 Å². The number of carbonyl (C=O) groups excluding carboxylic acids is 2. The number of aliphatic hydroxyl groups is 1. The zero-order valence-corrected chi connectivity index (χ0v) is 36.0. The number of nitrogens with zero attached hydrogens (tertiary/aromatic N) is 1. The van der Waals surface area contributed by atoms with Crippen molar-refractivity contribution in [2.75, 3.05) is 6.54 Å². The van der Waals surface area contributed by atoms with Crippen molar-refractivity contribution >= 4 is 17.8 Å². The molecule has 0 saturated heterocycles. The van der Waals surface area contributed by atoms with Crippen LogP contribution in [0.15, 0.2) is 36.4 Å². The third-order valence-electron chi connectivity index (χ3n) is 17.9. The summed E-state index contributed by atoms with van der Waals surface area (Å²) in [4.78, 5) is 43.6. The first-order valence-electron chi connectivity index (χ1n) is 22.7. The second-order valence-corrected chi connectivity index (χ2v) is 20.9. The van der Waals surface area contributed by atoms with Gasteiger partial charge in [0.2, 0.25) is 11.8 Å². The van der Waals surface area contributed by atoms with Crippen LogP contribution < -0.4 is 5.73 Å². The van der Waals surface area contributed by atoms with Crippen LogP contribution in [0.3, 0.4) is 0 Å². The number of carboxylic acid groups (broad SMARTS) is 1. The molecule has 7 nitrogen and oxygen atoms in total. The number of aromatic carboxylic acids is 1. The van der Waals surface area contributed by atoms with Gasteiger partial charge in [-0.3, -0.25) is 14.5 Å². The Hall–Kier alpha value is -2.51. The molecule has 5 saturated carbocycles. The maximum absolute atomic E-state index is 15.6. The Morgan fingerprint density at radius 1 is 0.804 bits per heavy atom. The van der Waals surface area contributed by atoms with Gasteiger partial charge in [-0.2, -0.15) is 0 Å². The van der Waals surface area contributed by atoms with E-state index in [-0.39, 0.29) is 63.5 Å². The molecule has 4 N–H and O–H groups in total.